The molecule has 0 bridgehead atoms. The van der Waals surface area contributed by atoms with Crippen LogP contribution in [0.5, 0.6) is 5.75 Å². The first-order valence-corrected chi connectivity index (χ1v) is 10.4. The molecule has 3 heterocycles. The van der Waals surface area contributed by atoms with Crippen molar-refractivity contribution in [3.05, 3.63) is 76.4 Å². The molecular formula is C24H30N4O2. The molecule has 0 amide bonds. The lowest BCUT2D eigenvalue weighted by atomic mass is 10.0. The van der Waals surface area contributed by atoms with Gasteiger partial charge in [0.05, 0.1) is 25.1 Å². The molecule has 2 aromatic heterocycles. The Bertz CT molecular complexity index is 1010. The Morgan fingerprint density at radius 1 is 1.17 bits per heavy atom. The van der Waals surface area contributed by atoms with E-state index in [2.05, 4.69) is 54.3 Å². The number of morpholine rings is 1. The number of nitrogens with zero attached hydrogens (tertiary/aromatic N) is 4. The van der Waals surface area contributed by atoms with E-state index in [-0.39, 0.29) is 6.10 Å². The number of hydrogen-bond acceptors (Lipinski definition) is 5. The second kappa shape index (κ2) is 8.98. The van der Waals surface area contributed by atoms with Crippen LogP contribution in [-0.4, -0.2) is 46.5 Å². The summed E-state index contributed by atoms with van der Waals surface area (Å²) in [6.45, 7) is 7.49. The van der Waals surface area contributed by atoms with Crippen molar-refractivity contribution >= 4 is 0 Å². The Morgan fingerprint density at radius 2 is 2.03 bits per heavy atom. The molecule has 0 saturated carbocycles. The van der Waals surface area contributed by atoms with Crippen LogP contribution >= 0.6 is 0 Å². The maximum absolute atomic E-state index is 6.12. The summed E-state index contributed by atoms with van der Waals surface area (Å²) in [5.41, 5.74) is 6.87. The van der Waals surface area contributed by atoms with E-state index >= 15 is 0 Å². The van der Waals surface area contributed by atoms with Crippen LogP contribution in [0.15, 0.2) is 42.6 Å². The second-order valence-electron chi connectivity index (χ2n) is 8.08. The predicted octanol–water partition coefficient (Wildman–Crippen LogP) is 3.60. The first kappa shape index (κ1) is 20.6. The number of rotatable bonds is 6. The number of methoxy groups -OCH3 is 1. The van der Waals surface area contributed by atoms with Crippen LogP contribution in [0, 0.1) is 13.8 Å². The van der Waals surface area contributed by atoms with Gasteiger partial charge in [-0.3, -0.25) is 14.6 Å². The number of ether oxygens (including phenoxy) is 2. The van der Waals surface area contributed by atoms with Gasteiger partial charge in [-0.1, -0.05) is 12.1 Å². The van der Waals surface area contributed by atoms with Crippen molar-refractivity contribution in [2.45, 2.75) is 32.9 Å². The predicted molar refractivity (Wildman–Crippen MR) is 117 cm³/mol. The quantitative estimate of drug-likeness (QED) is 0.626. The summed E-state index contributed by atoms with van der Waals surface area (Å²) in [5, 5.41) is 4.47. The maximum atomic E-state index is 6.12. The third-order valence-corrected chi connectivity index (χ3v) is 5.56. The third-order valence-electron chi connectivity index (χ3n) is 5.56. The van der Waals surface area contributed by atoms with Crippen LogP contribution in [0.3, 0.4) is 0 Å². The van der Waals surface area contributed by atoms with Gasteiger partial charge < -0.3 is 9.47 Å². The first-order valence-electron chi connectivity index (χ1n) is 10.4. The smallest absolute Gasteiger partial charge is 0.119 e. The normalized spacial score (nSPS) is 17.3. The van der Waals surface area contributed by atoms with Gasteiger partial charge in [-0.15, -0.1) is 0 Å². The molecule has 0 radical (unpaired) electrons. The van der Waals surface area contributed by atoms with Crippen LogP contribution in [0.25, 0.3) is 0 Å². The zero-order valence-corrected chi connectivity index (χ0v) is 18.3. The number of hydrogen-bond donors (Lipinski definition) is 0. The summed E-state index contributed by atoms with van der Waals surface area (Å²) >= 11 is 0. The molecule has 3 aromatic rings. The molecule has 1 atom stereocenters. The van der Waals surface area contributed by atoms with E-state index < -0.39 is 0 Å². The van der Waals surface area contributed by atoms with E-state index in [1.54, 1.807) is 7.11 Å². The summed E-state index contributed by atoms with van der Waals surface area (Å²) in [7, 11) is 3.67. The van der Waals surface area contributed by atoms with Gasteiger partial charge >= 0.3 is 0 Å². The van der Waals surface area contributed by atoms with Crippen molar-refractivity contribution in [2.24, 2.45) is 7.05 Å². The van der Waals surface area contributed by atoms with E-state index in [0.717, 1.165) is 48.9 Å². The third kappa shape index (κ3) is 4.89. The van der Waals surface area contributed by atoms with Crippen LogP contribution in [-0.2, 0) is 24.8 Å². The van der Waals surface area contributed by atoms with Crippen molar-refractivity contribution in [3.63, 3.8) is 0 Å². The number of aryl methyl sites for hydroxylation is 3. The SMILES string of the molecule is COc1cccc(Cc2cc(C)nc([C@H]3CN(Cc4cn(C)nc4C)CCO3)c2)c1. The molecule has 0 aliphatic carbocycles. The van der Waals surface area contributed by atoms with Crippen LogP contribution in [0.2, 0.25) is 0 Å². The van der Waals surface area contributed by atoms with Crippen molar-refractivity contribution in [1.82, 2.24) is 19.7 Å². The average molecular weight is 407 g/mol. The Hall–Kier alpha value is -2.70. The fourth-order valence-corrected chi connectivity index (χ4v) is 4.12. The zero-order valence-electron chi connectivity index (χ0n) is 18.3. The minimum Gasteiger partial charge on any atom is -0.497 e. The molecule has 6 nitrogen and oxygen atoms in total. The zero-order chi connectivity index (χ0) is 21.1. The van der Waals surface area contributed by atoms with Gasteiger partial charge in [0.2, 0.25) is 0 Å². The van der Waals surface area contributed by atoms with E-state index in [4.69, 9.17) is 14.5 Å². The topological polar surface area (TPSA) is 52.4 Å². The van der Waals surface area contributed by atoms with Crippen LogP contribution < -0.4 is 4.74 Å². The molecule has 0 spiro atoms. The highest BCUT2D eigenvalue weighted by Crippen LogP contribution is 2.25. The Morgan fingerprint density at radius 3 is 2.80 bits per heavy atom. The van der Waals surface area contributed by atoms with Crippen molar-refractivity contribution < 1.29 is 9.47 Å². The highest BCUT2D eigenvalue weighted by molar-refractivity contribution is 5.34. The van der Waals surface area contributed by atoms with Gasteiger partial charge in [0.15, 0.2) is 0 Å². The van der Waals surface area contributed by atoms with Gasteiger partial charge in [0.1, 0.15) is 11.9 Å². The lowest BCUT2D eigenvalue weighted by molar-refractivity contribution is -0.0351. The molecule has 158 valence electrons. The number of pyridine rings is 1. The fraction of sp³-hybridized carbons (Fsp3) is 0.417. The molecule has 1 aliphatic rings. The molecule has 6 heteroatoms. The number of aromatic nitrogens is 3. The molecule has 0 unspecified atom stereocenters. The molecule has 1 saturated heterocycles. The largest absolute Gasteiger partial charge is 0.497 e. The number of benzene rings is 1. The molecule has 1 aliphatic heterocycles. The van der Waals surface area contributed by atoms with E-state index in [0.29, 0.717) is 6.61 Å². The summed E-state index contributed by atoms with van der Waals surface area (Å²) in [6.07, 6.45) is 2.94. The van der Waals surface area contributed by atoms with Crippen LogP contribution in [0.4, 0.5) is 0 Å². The Labute approximate surface area is 178 Å². The molecule has 30 heavy (non-hydrogen) atoms. The minimum absolute atomic E-state index is 0.0142. The Balaban J connectivity index is 1.49. The monoisotopic (exact) mass is 406 g/mol. The van der Waals surface area contributed by atoms with E-state index in [9.17, 15) is 0 Å². The van der Waals surface area contributed by atoms with Crippen molar-refractivity contribution in [3.8, 4) is 5.75 Å². The summed E-state index contributed by atoms with van der Waals surface area (Å²) in [5.74, 6) is 0.885. The summed E-state index contributed by atoms with van der Waals surface area (Å²) in [6, 6.07) is 12.6. The standard InChI is InChI=1S/C24H30N4O2/c1-17-10-20(11-19-6-5-7-22(12-19)29-4)13-23(25-17)24-16-28(8-9-30-24)15-21-14-27(3)26-18(21)2/h5-7,10,12-14,24H,8-9,11,15-16H2,1-4H3/t24-/m1/s1. The molecule has 0 N–H and O–H groups in total. The fourth-order valence-electron chi connectivity index (χ4n) is 4.12. The van der Waals surface area contributed by atoms with Gasteiger partial charge in [-0.2, -0.15) is 5.10 Å². The Kier molecular flexibility index (Phi) is 6.16. The summed E-state index contributed by atoms with van der Waals surface area (Å²) < 4.78 is 13.4. The van der Waals surface area contributed by atoms with E-state index in [1.807, 2.05) is 23.9 Å². The highest BCUT2D eigenvalue weighted by Gasteiger charge is 2.24. The van der Waals surface area contributed by atoms with Gasteiger partial charge in [-0.05, 0) is 55.7 Å². The molecule has 4 rings (SSSR count). The molecule has 1 aromatic carbocycles. The summed E-state index contributed by atoms with van der Waals surface area (Å²) in [4.78, 5) is 7.24. The molecule has 1 fully saturated rings. The van der Waals surface area contributed by atoms with Crippen molar-refractivity contribution in [1.29, 1.82) is 0 Å². The second-order valence-corrected chi connectivity index (χ2v) is 8.08. The lowest BCUT2D eigenvalue weighted by Crippen LogP contribution is -2.38. The highest BCUT2D eigenvalue weighted by atomic mass is 16.5. The van der Waals surface area contributed by atoms with E-state index in [1.165, 1.54) is 16.7 Å². The van der Waals surface area contributed by atoms with Crippen molar-refractivity contribution in [2.75, 3.05) is 26.8 Å². The average Bonchev–Trinajstić information content (AvgIpc) is 3.04. The van der Waals surface area contributed by atoms with Gasteiger partial charge in [0, 0.05) is 44.1 Å². The molecular weight excluding hydrogens is 376 g/mol. The van der Waals surface area contributed by atoms with Crippen LogP contribution in [0.1, 0.15) is 39.9 Å². The van der Waals surface area contributed by atoms with Gasteiger partial charge in [-0.25, -0.2) is 0 Å². The van der Waals surface area contributed by atoms with Gasteiger partial charge in [0.25, 0.3) is 0 Å². The first-order chi connectivity index (χ1) is 14.5. The maximum Gasteiger partial charge on any atom is 0.119 e. The minimum atomic E-state index is -0.0142. The lowest BCUT2D eigenvalue weighted by Gasteiger charge is -2.32.